The Morgan fingerprint density at radius 1 is 0.840 bits per heavy atom. The van der Waals surface area contributed by atoms with Crippen molar-refractivity contribution in [2.45, 2.75) is 19.5 Å². The summed E-state index contributed by atoms with van der Waals surface area (Å²) in [5, 5.41) is 1.17. The van der Waals surface area contributed by atoms with Crippen LogP contribution in [0.15, 0.2) is 59.2 Å². The molecule has 1 aliphatic rings. The third kappa shape index (κ3) is 4.09. The minimum atomic E-state index is -0.149. The van der Waals surface area contributed by atoms with E-state index in [-0.39, 0.29) is 5.82 Å². The van der Waals surface area contributed by atoms with Gasteiger partial charge in [0.2, 0.25) is 0 Å². The van der Waals surface area contributed by atoms with Gasteiger partial charge in [0.25, 0.3) is 0 Å². The van der Waals surface area contributed by atoms with Gasteiger partial charge in [-0.25, -0.2) is 4.39 Å². The Balaban J connectivity index is 1.36. The Hall–Kier alpha value is -2.17. The second-order valence-corrected chi connectivity index (χ2v) is 6.83. The van der Waals surface area contributed by atoms with Crippen LogP contribution in [0.3, 0.4) is 0 Å². The molecule has 130 valence electrons. The van der Waals surface area contributed by atoms with Crippen molar-refractivity contribution in [3.63, 3.8) is 0 Å². The average molecular weight is 338 g/mol. The molecule has 2 heterocycles. The largest absolute Gasteiger partial charge is 0.464 e. The van der Waals surface area contributed by atoms with Crippen LogP contribution in [0.1, 0.15) is 17.5 Å². The fourth-order valence-corrected chi connectivity index (χ4v) is 3.61. The number of hydrogen-bond acceptors (Lipinski definition) is 3. The highest BCUT2D eigenvalue weighted by atomic mass is 19.1. The second-order valence-electron chi connectivity index (χ2n) is 6.83. The van der Waals surface area contributed by atoms with Gasteiger partial charge in [-0.15, -0.1) is 0 Å². The fourth-order valence-electron chi connectivity index (χ4n) is 3.61. The van der Waals surface area contributed by atoms with Crippen molar-refractivity contribution in [1.82, 2.24) is 9.80 Å². The van der Waals surface area contributed by atoms with Crippen LogP contribution in [0, 0.1) is 5.82 Å². The monoisotopic (exact) mass is 338 g/mol. The van der Waals surface area contributed by atoms with E-state index >= 15 is 0 Å². The molecule has 3 nitrogen and oxygen atoms in total. The molecule has 4 heteroatoms. The fraction of sp³-hybridized carbons (Fsp3) is 0.333. The lowest BCUT2D eigenvalue weighted by molar-refractivity contribution is 0.247. The van der Waals surface area contributed by atoms with Gasteiger partial charge in [-0.2, -0.15) is 0 Å². The van der Waals surface area contributed by atoms with E-state index in [1.165, 1.54) is 17.0 Å². The highest BCUT2D eigenvalue weighted by Gasteiger charge is 2.15. The predicted octanol–water partition coefficient (Wildman–Crippen LogP) is 4.28. The van der Waals surface area contributed by atoms with Gasteiger partial charge in [0.15, 0.2) is 0 Å². The van der Waals surface area contributed by atoms with Crippen molar-refractivity contribution >= 4 is 11.0 Å². The summed E-state index contributed by atoms with van der Waals surface area (Å²) < 4.78 is 18.8. The molecule has 1 aliphatic heterocycles. The maximum absolute atomic E-state index is 13.4. The highest BCUT2D eigenvalue weighted by Crippen LogP contribution is 2.19. The first-order valence-electron chi connectivity index (χ1n) is 8.91. The summed E-state index contributed by atoms with van der Waals surface area (Å²) in [4.78, 5) is 4.93. The van der Waals surface area contributed by atoms with Crippen LogP contribution in [0.25, 0.3) is 11.0 Å². The van der Waals surface area contributed by atoms with E-state index in [1.54, 1.807) is 18.4 Å². The lowest BCUT2D eigenvalue weighted by Gasteiger charge is -2.22. The number of benzene rings is 2. The third-order valence-corrected chi connectivity index (χ3v) is 4.90. The molecule has 0 atom stereocenters. The number of nitrogens with zero attached hydrogens (tertiary/aromatic N) is 2. The third-order valence-electron chi connectivity index (χ3n) is 4.90. The Kier molecular flexibility index (Phi) is 4.81. The maximum atomic E-state index is 13.4. The Morgan fingerprint density at radius 3 is 2.36 bits per heavy atom. The van der Waals surface area contributed by atoms with Crippen molar-refractivity contribution in [2.24, 2.45) is 0 Å². The quantitative estimate of drug-likeness (QED) is 0.708. The van der Waals surface area contributed by atoms with Gasteiger partial charge in [-0.1, -0.05) is 18.2 Å². The predicted molar refractivity (Wildman–Crippen MR) is 97.8 cm³/mol. The number of fused-ring (bicyclic) bond motifs is 1. The minimum absolute atomic E-state index is 0.149. The van der Waals surface area contributed by atoms with Crippen molar-refractivity contribution in [3.8, 4) is 0 Å². The molecule has 0 bridgehead atoms. The smallest absolute Gasteiger partial charge is 0.133 e. The zero-order chi connectivity index (χ0) is 17.1. The first-order valence-corrected chi connectivity index (χ1v) is 8.91. The summed E-state index contributed by atoms with van der Waals surface area (Å²) in [5.41, 5.74) is 3.33. The van der Waals surface area contributed by atoms with Gasteiger partial charge < -0.3 is 4.42 Å². The molecule has 0 amide bonds. The SMILES string of the molecule is Fc1cccc(CN2CCCN(Cc3ccc4occc4c3)CC2)c1. The van der Waals surface area contributed by atoms with Crippen LogP contribution < -0.4 is 0 Å². The van der Waals surface area contributed by atoms with Gasteiger partial charge in [-0.3, -0.25) is 9.80 Å². The summed E-state index contributed by atoms with van der Waals surface area (Å²) in [6.45, 7) is 6.02. The molecule has 1 aromatic heterocycles. The van der Waals surface area contributed by atoms with E-state index in [1.807, 2.05) is 12.1 Å². The van der Waals surface area contributed by atoms with Crippen molar-refractivity contribution in [2.75, 3.05) is 26.2 Å². The number of furan rings is 1. The van der Waals surface area contributed by atoms with Crippen molar-refractivity contribution in [3.05, 3.63) is 71.7 Å². The molecule has 4 rings (SSSR count). The van der Waals surface area contributed by atoms with E-state index in [9.17, 15) is 4.39 Å². The zero-order valence-electron chi connectivity index (χ0n) is 14.3. The number of hydrogen-bond donors (Lipinski definition) is 0. The molecule has 3 aromatic rings. The van der Waals surface area contributed by atoms with Gasteiger partial charge >= 0.3 is 0 Å². The molecule has 1 fully saturated rings. The van der Waals surface area contributed by atoms with Crippen molar-refractivity contribution in [1.29, 1.82) is 0 Å². The average Bonchev–Trinajstić information content (AvgIpc) is 2.96. The molecule has 0 aliphatic carbocycles. The highest BCUT2D eigenvalue weighted by molar-refractivity contribution is 5.77. The molecule has 0 radical (unpaired) electrons. The number of rotatable bonds is 4. The molecule has 0 unspecified atom stereocenters. The zero-order valence-corrected chi connectivity index (χ0v) is 14.3. The van der Waals surface area contributed by atoms with Crippen molar-refractivity contribution < 1.29 is 8.81 Å². The Morgan fingerprint density at radius 2 is 1.60 bits per heavy atom. The van der Waals surface area contributed by atoms with Crippen LogP contribution in [0.2, 0.25) is 0 Å². The maximum Gasteiger partial charge on any atom is 0.133 e. The van der Waals surface area contributed by atoms with E-state index < -0.39 is 0 Å². The van der Waals surface area contributed by atoms with E-state index in [2.05, 4.69) is 28.0 Å². The van der Waals surface area contributed by atoms with Gasteiger partial charge in [-0.05, 0) is 61.0 Å². The summed E-state index contributed by atoms with van der Waals surface area (Å²) in [7, 11) is 0. The summed E-state index contributed by atoms with van der Waals surface area (Å²) in [6.07, 6.45) is 2.88. The van der Waals surface area contributed by atoms with Crippen LogP contribution in [-0.4, -0.2) is 36.0 Å². The molecule has 0 N–H and O–H groups in total. The standard InChI is InChI=1S/C21H23FN2O/c22-20-4-1-3-17(14-20)15-23-8-2-9-24(11-10-23)16-18-5-6-21-19(13-18)7-12-25-21/h1,3-7,12-14H,2,8-11,15-16H2. The summed E-state index contributed by atoms with van der Waals surface area (Å²) in [6, 6.07) is 15.4. The van der Waals surface area contributed by atoms with Gasteiger partial charge in [0, 0.05) is 31.6 Å². The van der Waals surface area contributed by atoms with E-state index in [4.69, 9.17) is 4.42 Å². The van der Waals surface area contributed by atoms with E-state index in [0.29, 0.717) is 0 Å². The molecule has 1 saturated heterocycles. The topological polar surface area (TPSA) is 19.6 Å². The van der Waals surface area contributed by atoms with Crippen LogP contribution in [0.5, 0.6) is 0 Å². The molecular formula is C21H23FN2O. The van der Waals surface area contributed by atoms with Gasteiger partial charge in [0.05, 0.1) is 6.26 Å². The van der Waals surface area contributed by atoms with Crippen LogP contribution in [0.4, 0.5) is 4.39 Å². The normalized spacial score (nSPS) is 17.0. The van der Waals surface area contributed by atoms with E-state index in [0.717, 1.165) is 56.8 Å². The van der Waals surface area contributed by atoms with Crippen LogP contribution in [-0.2, 0) is 13.1 Å². The first-order chi connectivity index (χ1) is 12.3. The van der Waals surface area contributed by atoms with Crippen LogP contribution >= 0.6 is 0 Å². The second kappa shape index (κ2) is 7.38. The lowest BCUT2D eigenvalue weighted by Crippen LogP contribution is -2.30. The molecule has 0 saturated carbocycles. The first kappa shape index (κ1) is 16.3. The molecular weight excluding hydrogens is 315 g/mol. The molecule has 0 spiro atoms. The minimum Gasteiger partial charge on any atom is -0.464 e. The Bertz CT molecular complexity index is 845. The summed E-state index contributed by atoms with van der Waals surface area (Å²) >= 11 is 0. The molecule has 2 aromatic carbocycles. The Labute approximate surface area is 147 Å². The number of halogens is 1. The molecule has 25 heavy (non-hydrogen) atoms. The lowest BCUT2D eigenvalue weighted by atomic mass is 10.1. The summed E-state index contributed by atoms with van der Waals surface area (Å²) in [5.74, 6) is -0.149. The van der Waals surface area contributed by atoms with Gasteiger partial charge in [0.1, 0.15) is 11.4 Å².